The molecular formula is C71H129N2O6P. The molecule has 2 N–H and O–H groups in total. The molecule has 0 aromatic heterocycles. The average molecular weight is 1140 g/mol. The first kappa shape index (κ1) is 77.4. The van der Waals surface area contributed by atoms with Crippen LogP contribution in [0.4, 0.5) is 0 Å². The predicted octanol–water partition coefficient (Wildman–Crippen LogP) is 20.7. The number of carbonyl (C=O) groups is 1. The highest BCUT2D eigenvalue weighted by Crippen LogP contribution is 2.38. The number of likely N-dealkylation sites (N-methyl/N-ethyl adjacent to an activating group) is 1. The Morgan fingerprint density at radius 3 is 1.11 bits per heavy atom. The van der Waals surface area contributed by atoms with Gasteiger partial charge in [-0.2, -0.15) is 0 Å². The first-order valence-corrected chi connectivity index (χ1v) is 35.1. The maximum atomic E-state index is 13.0. The van der Waals surface area contributed by atoms with Gasteiger partial charge in [0.1, 0.15) is 13.2 Å². The van der Waals surface area contributed by atoms with Crippen molar-refractivity contribution in [2.75, 3.05) is 40.9 Å². The van der Waals surface area contributed by atoms with Crippen LogP contribution in [0, 0.1) is 0 Å². The summed E-state index contributed by atoms with van der Waals surface area (Å²) in [6.07, 6.45) is 88.0. The van der Waals surface area contributed by atoms with Crippen molar-refractivity contribution in [3.8, 4) is 0 Å². The molecule has 3 atom stereocenters. The molecule has 0 spiro atoms. The van der Waals surface area contributed by atoms with Crippen LogP contribution in [0.5, 0.6) is 0 Å². The molecule has 3 unspecified atom stereocenters. The fourth-order valence-corrected chi connectivity index (χ4v) is 10.3. The highest BCUT2D eigenvalue weighted by Gasteiger charge is 2.23. The summed E-state index contributed by atoms with van der Waals surface area (Å²) in [7, 11) is 1.24. The average Bonchev–Trinajstić information content (AvgIpc) is 3.42. The van der Waals surface area contributed by atoms with Crippen LogP contribution in [0.15, 0.2) is 97.2 Å². The van der Waals surface area contributed by atoms with Crippen molar-refractivity contribution >= 4 is 13.7 Å². The van der Waals surface area contributed by atoms with Crippen molar-refractivity contribution in [3.63, 3.8) is 0 Å². The number of carbonyl (C=O) groups excluding carboxylic acids is 1. The number of hydrogen-bond donors (Lipinski definition) is 2. The monoisotopic (exact) mass is 1140 g/mol. The molecule has 0 rings (SSSR count). The molecule has 0 aliphatic heterocycles. The summed E-state index contributed by atoms with van der Waals surface area (Å²) in [6, 6.07) is -0.906. The largest absolute Gasteiger partial charge is 0.756 e. The minimum atomic E-state index is -4.62. The topological polar surface area (TPSA) is 108 Å². The molecule has 464 valence electrons. The van der Waals surface area contributed by atoms with E-state index in [-0.39, 0.29) is 12.5 Å². The first-order valence-electron chi connectivity index (χ1n) is 33.6. The molecule has 0 bridgehead atoms. The molecule has 0 fully saturated rings. The minimum Gasteiger partial charge on any atom is -0.756 e. The standard InChI is InChI=1S/C71H129N2O6P/c1-6-8-10-12-14-16-18-20-22-24-26-28-30-32-34-35-36-37-39-40-42-44-46-48-50-52-54-56-58-60-62-64-70(74)69(68-79-80(76,77)78-67-66-73(3,4)5)72-71(75)65-63-61-59-57-55-53-51-49-47-45-43-41-38-33-31-29-27-25-23-21-19-17-15-13-11-9-7-2/h9,11,15,17,21,23,27,29,33,38,43,45,49,51,62,64,69-70,74H,6-8,10,12-14,16,18-20,22,24-26,28,30-32,34-37,39-42,44,46-48,50,52-61,63,65-68H2,1-5H3,(H-,72,75,76,77)/b11-9-,17-15-,23-21-,29-27-,38-33-,45-43-,51-49-,64-62+. The molecule has 0 saturated heterocycles. The zero-order valence-corrected chi connectivity index (χ0v) is 53.9. The number of amides is 1. The van der Waals surface area contributed by atoms with Gasteiger partial charge in [0.15, 0.2) is 0 Å². The molecule has 0 saturated carbocycles. The normalized spacial score (nSPS) is 14.3. The van der Waals surface area contributed by atoms with Gasteiger partial charge in [-0.1, -0.05) is 310 Å². The summed E-state index contributed by atoms with van der Waals surface area (Å²) in [5.41, 5.74) is 0. The minimum absolute atomic E-state index is 0.00987. The van der Waals surface area contributed by atoms with E-state index in [2.05, 4.69) is 104 Å². The van der Waals surface area contributed by atoms with Crippen molar-refractivity contribution in [1.82, 2.24) is 5.32 Å². The van der Waals surface area contributed by atoms with Crippen LogP contribution in [-0.4, -0.2) is 68.5 Å². The van der Waals surface area contributed by atoms with Crippen molar-refractivity contribution in [2.45, 2.75) is 309 Å². The molecule has 1 amide bonds. The second-order valence-corrected chi connectivity index (χ2v) is 25.2. The number of phosphoric acid groups is 1. The van der Waals surface area contributed by atoms with Gasteiger partial charge in [-0.25, -0.2) is 0 Å². The Morgan fingerprint density at radius 2 is 0.762 bits per heavy atom. The number of quaternary nitrogens is 1. The lowest BCUT2D eigenvalue weighted by Crippen LogP contribution is -2.45. The Bertz CT molecular complexity index is 1620. The van der Waals surface area contributed by atoms with Crippen LogP contribution in [0.1, 0.15) is 296 Å². The van der Waals surface area contributed by atoms with E-state index in [1.807, 2.05) is 27.2 Å². The third kappa shape index (κ3) is 63.0. The van der Waals surface area contributed by atoms with Gasteiger partial charge in [0.25, 0.3) is 7.82 Å². The summed E-state index contributed by atoms with van der Waals surface area (Å²) in [5, 5.41) is 13.9. The summed E-state index contributed by atoms with van der Waals surface area (Å²) < 4.78 is 23.4. The maximum Gasteiger partial charge on any atom is 0.268 e. The van der Waals surface area contributed by atoms with E-state index < -0.39 is 26.6 Å². The summed E-state index contributed by atoms with van der Waals surface area (Å²) in [5.74, 6) is -0.217. The van der Waals surface area contributed by atoms with E-state index >= 15 is 0 Å². The zero-order chi connectivity index (χ0) is 58.4. The van der Waals surface area contributed by atoms with E-state index in [1.165, 1.54) is 173 Å². The van der Waals surface area contributed by atoms with Crippen LogP contribution in [0.2, 0.25) is 0 Å². The quantitative estimate of drug-likeness (QED) is 0.0272. The number of nitrogens with one attached hydrogen (secondary N) is 1. The van der Waals surface area contributed by atoms with E-state index in [1.54, 1.807) is 6.08 Å². The highest BCUT2D eigenvalue weighted by atomic mass is 31.2. The molecule has 0 heterocycles. The zero-order valence-electron chi connectivity index (χ0n) is 53.0. The van der Waals surface area contributed by atoms with Gasteiger partial charge in [-0.3, -0.25) is 9.36 Å². The van der Waals surface area contributed by atoms with Crippen LogP contribution in [0.25, 0.3) is 0 Å². The van der Waals surface area contributed by atoms with Gasteiger partial charge >= 0.3 is 0 Å². The van der Waals surface area contributed by atoms with Crippen LogP contribution >= 0.6 is 7.82 Å². The van der Waals surface area contributed by atoms with E-state index in [9.17, 15) is 19.4 Å². The highest BCUT2D eigenvalue weighted by molar-refractivity contribution is 7.45. The van der Waals surface area contributed by atoms with Gasteiger partial charge in [-0.05, 0) is 77.0 Å². The Morgan fingerprint density at radius 1 is 0.450 bits per heavy atom. The maximum absolute atomic E-state index is 13.0. The van der Waals surface area contributed by atoms with Crippen molar-refractivity contribution in [2.24, 2.45) is 0 Å². The van der Waals surface area contributed by atoms with E-state index in [0.717, 1.165) is 103 Å². The van der Waals surface area contributed by atoms with Gasteiger partial charge in [0, 0.05) is 6.42 Å². The second kappa shape index (κ2) is 61.0. The van der Waals surface area contributed by atoms with Crippen LogP contribution in [-0.2, 0) is 18.4 Å². The number of rotatable bonds is 61. The van der Waals surface area contributed by atoms with Crippen molar-refractivity contribution in [1.29, 1.82) is 0 Å². The van der Waals surface area contributed by atoms with Crippen LogP contribution < -0.4 is 10.2 Å². The van der Waals surface area contributed by atoms with Crippen molar-refractivity contribution in [3.05, 3.63) is 97.2 Å². The number of nitrogens with zero attached hydrogens (tertiary/aromatic N) is 1. The fourth-order valence-electron chi connectivity index (χ4n) is 9.61. The first-order chi connectivity index (χ1) is 39.0. The smallest absolute Gasteiger partial charge is 0.268 e. The number of aliphatic hydroxyl groups is 1. The Hall–Kier alpha value is -2.58. The lowest BCUT2D eigenvalue weighted by atomic mass is 10.0. The Balaban J connectivity index is 4.17. The van der Waals surface area contributed by atoms with Gasteiger partial charge in [-0.15, -0.1) is 0 Å². The lowest BCUT2D eigenvalue weighted by Gasteiger charge is -2.29. The van der Waals surface area contributed by atoms with E-state index in [4.69, 9.17) is 9.05 Å². The molecule has 0 aliphatic rings. The number of unbranched alkanes of at least 4 members (excludes halogenated alkanes) is 34. The third-order valence-electron chi connectivity index (χ3n) is 14.8. The molecule has 9 heteroatoms. The summed E-state index contributed by atoms with van der Waals surface area (Å²) in [4.78, 5) is 25.6. The van der Waals surface area contributed by atoms with E-state index in [0.29, 0.717) is 17.4 Å². The summed E-state index contributed by atoms with van der Waals surface area (Å²) >= 11 is 0. The molecule has 0 aromatic rings. The Kier molecular flexibility index (Phi) is 59.0. The molecule has 0 aliphatic carbocycles. The molecule has 0 radical (unpaired) electrons. The number of phosphoric ester groups is 1. The molecule has 0 aromatic carbocycles. The second-order valence-electron chi connectivity index (χ2n) is 23.8. The van der Waals surface area contributed by atoms with Gasteiger partial charge < -0.3 is 28.8 Å². The molecule has 8 nitrogen and oxygen atoms in total. The molecule has 80 heavy (non-hydrogen) atoms. The predicted molar refractivity (Wildman–Crippen MR) is 348 cm³/mol. The van der Waals surface area contributed by atoms with Crippen molar-refractivity contribution < 1.29 is 32.9 Å². The number of hydrogen-bond acceptors (Lipinski definition) is 6. The SMILES string of the molecule is CC/C=C\C/C=C\C/C=C\C/C=C\C/C=C\C/C=C\C/C=C\CCCCCCCC(=O)NC(COP(=O)([O-])OCC[N+](C)(C)C)C(O)/C=C/CCCCCCCCCCCCCCCCCCCCCCCCCCCCCCC. The number of aliphatic hydroxyl groups excluding tert-OH is 1. The lowest BCUT2D eigenvalue weighted by molar-refractivity contribution is -0.870. The third-order valence-corrected chi connectivity index (χ3v) is 15.8. The fraction of sp³-hybridized carbons (Fsp3) is 0.761. The molecular weight excluding hydrogens is 1010 g/mol. The Labute approximate surface area is 496 Å². The number of allylic oxidation sites excluding steroid dienone is 15. The van der Waals surface area contributed by atoms with Crippen LogP contribution in [0.3, 0.4) is 0 Å². The van der Waals surface area contributed by atoms with Gasteiger partial charge in [0.05, 0.1) is 39.9 Å². The summed E-state index contributed by atoms with van der Waals surface area (Å²) in [6.45, 7) is 4.54. The van der Waals surface area contributed by atoms with Gasteiger partial charge in [0.2, 0.25) is 5.91 Å².